The third-order valence-corrected chi connectivity index (χ3v) is 7.23. The Morgan fingerprint density at radius 1 is 0.969 bits per heavy atom. The monoisotopic (exact) mass is 497 g/mol. The summed E-state index contributed by atoms with van der Waals surface area (Å²) in [5.74, 6) is 0.634. The van der Waals surface area contributed by atoms with Crippen LogP contribution in [0.4, 0.5) is 0 Å². The van der Waals surface area contributed by atoms with Crippen LogP contribution < -0.4 is 5.32 Å². The Labute approximate surface area is 199 Å². The third-order valence-electron chi connectivity index (χ3n) is 6.74. The molecule has 1 atom stereocenters. The van der Waals surface area contributed by atoms with E-state index in [0.717, 1.165) is 36.8 Å². The van der Waals surface area contributed by atoms with Gasteiger partial charge in [0.25, 0.3) is 5.91 Å². The van der Waals surface area contributed by atoms with E-state index in [1.165, 1.54) is 18.4 Å². The van der Waals surface area contributed by atoms with Gasteiger partial charge in [-0.25, -0.2) is 0 Å². The van der Waals surface area contributed by atoms with Gasteiger partial charge in [-0.2, -0.15) is 0 Å². The van der Waals surface area contributed by atoms with Crippen LogP contribution in [0.5, 0.6) is 0 Å². The summed E-state index contributed by atoms with van der Waals surface area (Å²) in [5.41, 5.74) is 1.95. The van der Waals surface area contributed by atoms with Crippen LogP contribution in [-0.2, 0) is 11.2 Å². The SMILES string of the molecule is O=C(NCCc1ccccc1)[C@@H](C1CCCC1)N1CCN(C(=O)c2cccc(Br)c2)CC1. The molecule has 5 nitrogen and oxygen atoms in total. The molecule has 170 valence electrons. The average molecular weight is 498 g/mol. The predicted octanol–water partition coefficient (Wildman–Crippen LogP) is 4.12. The molecule has 0 radical (unpaired) electrons. The molecule has 1 heterocycles. The maximum Gasteiger partial charge on any atom is 0.253 e. The number of hydrogen-bond donors (Lipinski definition) is 1. The van der Waals surface area contributed by atoms with E-state index >= 15 is 0 Å². The molecule has 2 aromatic carbocycles. The van der Waals surface area contributed by atoms with Crippen LogP contribution in [0.2, 0.25) is 0 Å². The fraction of sp³-hybridized carbons (Fsp3) is 0.462. The van der Waals surface area contributed by atoms with Gasteiger partial charge in [-0.05, 0) is 48.9 Å². The predicted molar refractivity (Wildman–Crippen MR) is 131 cm³/mol. The van der Waals surface area contributed by atoms with Crippen molar-refractivity contribution in [1.29, 1.82) is 0 Å². The van der Waals surface area contributed by atoms with Gasteiger partial charge in [0.1, 0.15) is 0 Å². The highest BCUT2D eigenvalue weighted by atomic mass is 79.9. The normalized spacial score (nSPS) is 18.5. The number of carbonyl (C=O) groups is 2. The fourth-order valence-corrected chi connectivity index (χ4v) is 5.44. The molecule has 1 N–H and O–H groups in total. The highest BCUT2D eigenvalue weighted by molar-refractivity contribution is 9.10. The van der Waals surface area contributed by atoms with E-state index in [0.29, 0.717) is 31.1 Å². The Hall–Kier alpha value is -2.18. The van der Waals surface area contributed by atoms with Crippen molar-refractivity contribution in [3.05, 3.63) is 70.2 Å². The summed E-state index contributed by atoms with van der Waals surface area (Å²) in [4.78, 5) is 30.4. The van der Waals surface area contributed by atoms with Crippen LogP contribution in [0.1, 0.15) is 41.6 Å². The van der Waals surface area contributed by atoms with Gasteiger partial charge < -0.3 is 10.2 Å². The molecule has 1 aliphatic carbocycles. The van der Waals surface area contributed by atoms with Crippen LogP contribution in [0.3, 0.4) is 0 Å². The summed E-state index contributed by atoms with van der Waals surface area (Å²) in [7, 11) is 0. The number of amides is 2. The number of nitrogens with one attached hydrogen (secondary N) is 1. The van der Waals surface area contributed by atoms with Crippen LogP contribution in [0.25, 0.3) is 0 Å². The molecule has 0 spiro atoms. The van der Waals surface area contributed by atoms with Crippen LogP contribution in [0, 0.1) is 5.92 Å². The molecular weight excluding hydrogens is 466 g/mol. The van der Waals surface area contributed by atoms with E-state index in [9.17, 15) is 9.59 Å². The summed E-state index contributed by atoms with van der Waals surface area (Å²) in [5, 5.41) is 3.21. The van der Waals surface area contributed by atoms with Gasteiger partial charge in [-0.15, -0.1) is 0 Å². The number of piperazine rings is 1. The van der Waals surface area contributed by atoms with E-state index in [4.69, 9.17) is 0 Å². The largest absolute Gasteiger partial charge is 0.354 e. The zero-order chi connectivity index (χ0) is 22.3. The van der Waals surface area contributed by atoms with E-state index in [1.807, 2.05) is 47.4 Å². The number of halogens is 1. The maximum atomic E-state index is 13.3. The molecule has 1 aliphatic heterocycles. The zero-order valence-electron chi connectivity index (χ0n) is 18.5. The van der Waals surface area contributed by atoms with Crippen LogP contribution in [-0.4, -0.2) is 60.4 Å². The summed E-state index contributed by atoms with van der Waals surface area (Å²) >= 11 is 3.45. The molecule has 0 unspecified atom stereocenters. The molecule has 2 fully saturated rings. The molecule has 2 amide bonds. The minimum absolute atomic E-state index is 0.0654. The van der Waals surface area contributed by atoms with E-state index in [-0.39, 0.29) is 17.9 Å². The number of hydrogen-bond acceptors (Lipinski definition) is 3. The van der Waals surface area contributed by atoms with Crippen molar-refractivity contribution >= 4 is 27.7 Å². The van der Waals surface area contributed by atoms with Crippen molar-refractivity contribution in [2.45, 2.75) is 38.1 Å². The Morgan fingerprint density at radius 3 is 2.38 bits per heavy atom. The highest BCUT2D eigenvalue weighted by Crippen LogP contribution is 2.31. The van der Waals surface area contributed by atoms with Gasteiger partial charge >= 0.3 is 0 Å². The van der Waals surface area contributed by atoms with Crippen molar-refractivity contribution in [3.8, 4) is 0 Å². The second-order valence-corrected chi connectivity index (χ2v) is 9.77. The molecular formula is C26H32BrN3O2. The Balaban J connectivity index is 1.35. The second-order valence-electron chi connectivity index (χ2n) is 8.85. The lowest BCUT2D eigenvalue weighted by Crippen LogP contribution is -2.58. The zero-order valence-corrected chi connectivity index (χ0v) is 20.1. The number of rotatable bonds is 7. The van der Waals surface area contributed by atoms with E-state index in [1.54, 1.807) is 0 Å². The minimum atomic E-state index is -0.0867. The molecule has 1 saturated carbocycles. The first-order chi connectivity index (χ1) is 15.6. The van der Waals surface area contributed by atoms with Crippen LogP contribution >= 0.6 is 15.9 Å². The lowest BCUT2D eigenvalue weighted by Gasteiger charge is -2.40. The second kappa shape index (κ2) is 11.1. The van der Waals surface area contributed by atoms with Crippen molar-refractivity contribution in [3.63, 3.8) is 0 Å². The Bertz CT molecular complexity index is 906. The first-order valence-electron chi connectivity index (χ1n) is 11.7. The van der Waals surface area contributed by atoms with Crippen LogP contribution in [0.15, 0.2) is 59.1 Å². The van der Waals surface area contributed by atoms with Gasteiger partial charge in [-0.1, -0.05) is 65.2 Å². The molecule has 2 aliphatic rings. The summed E-state index contributed by atoms with van der Waals surface area (Å²) < 4.78 is 0.912. The molecule has 32 heavy (non-hydrogen) atoms. The van der Waals surface area contributed by atoms with Gasteiger partial charge in [0.2, 0.25) is 5.91 Å². The quantitative estimate of drug-likeness (QED) is 0.625. The van der Waals surface area contributed by atoms with Crippen molar-refractivity contribution in [1.82, 2.24) is 15.1 Å². The highest BCUT2D eigenvalue weighted by Gasteiger charge is 2.37. The average Bonchev–Trinajstić information content (AvgIpc) is 3.34. The minimum Gasteiger partial charge on any atom is -0.354 e. The molecule has 1 saturated heterocycles. The topological polar surface area (TPSA) is 52.7 Å². The smallest absolute Gasteiger partial charge is 0.253 e. The van der Waals surface area contributed by atoms with Crippen molar-refractivity contribution in [2.75, 3.05) is 32.7 Å². The van der Waals surface area contributed by atoms with E-state index < -0.39 is 0 Å². The molecule has 0 bridgehead atoms. The fourth-order valence-electron chi connectivity index (χ4n) is 5.04. The molecule has 2 aromatic rings. The van der Waals surface area contributed by atoms with Gasteiger partial charge in [0.15, 0.2) is 0 Å². The summed E-state index contributed by atoms with van der Waals surface area (Å²) in [6, 6.07) is 17.7. The Kier molecular flexibility index (Phi) is 7.98. The maximum absolute atomic E-state index is 13.3. The van der Waals surface area contributed by atoms with Gasteiger partial charge in [0.05, 0.1) is 6.04 Å². The summed E-state index contributed by atoms with van der Waals surface area (Å²) in [6.45, 7) is 3.46. The number of benzene rings is 2. The van der Waals surface area contributed by atoms with Gasteiger partial charge in [-0.3, -0.25) is 14.5 Å². The third kappa shape index (κ3) is 5.78. The Morgan fingerprint density at radius 2 is 1.69 bits per heavy atom. The molecule has 0 aromatic heterocycles. The first kappa shape index (κ1) is 23.0. The summed E-state index contributed by atoms with van der Waals surface area (Å²) in [6.07, 6.45) is 5.50. The lowest BCUT2D eigenvalue weighted by atomic mass is 9.94. The first-order valence-corrected chi connectivity index (χ1v) is 12.5. The van der Waals surface area contributed by atoms with E-state index in [2.05, 4.69) is 38.3 Å². The number of carbonyl (C=O) groups excluding carboxylic acids is 2. The van der Waals surface area contributed by atoms with Gasteiger partial charge in [0, 0.05) is 42.8 Å². The standard InChI is InChI=1S/C26H32BrN3O2/c27-23-12-6-11-22(19-23)26(32)30-17-15-29(16-18-30)24(21-9-4-5-10-21)25(31)28-14-13-20-7-2-1-3-8-20/h1-3,6-8,11-12,19,21,24H,4-5,9-10,13-18H2,(H,28,31)/t24-/m1/s1. The lowest BCUT2D eigenvalue weighted by molar-refractivity contribution is -0.129. The molecule has 4 rings (SSSR count). The molecule has 6 heteroatoms. The number of nitrogens with zero attached hydrogens (tertiary/aromatic N) is 2. The van der Waals surface area contributed by atoms with Crippen molar-refractivity contribution in [2.24, 2.45) is 5.92 Å². The van der Waals surface area contributed by atoms with Crippen molar-refractivity contribution < 1.29 is 9.59 Å².